The minimum atomic E-state index is 0.515. The highest BCUT2D eigenvalue weighted by Gasteiger charge is 2.18. The molecule has 5 rings (SSSR count). The van der Waals surface area contributed by atoms with Gasteiger partial charge < -0.3 is 19.5 Å². The number of methoxy groups -OCH3 is 2. The van der Waals surface area contributed by atoms with Crippen molar-refractivity contribution in [2.24, 2.45) is 0 Å². The van der Waals surface area contributed by atoms with Crippen LogP contribution in [0.3, 0.4) is 0 Å². The quantitative estimate of drug-likeness (QED) is 0.343. The lowest BCUT2D eigenvalue weighted by Crippen LogP contribution is -2.35. The van der Waals surface area contributed by atoms with Crippen LogP contribution >= 0.6 is 0 Å². The molecule has 0 saturated carbocycles. The highest BCUT2D eigenvalue weighted by atomic mass is 16.5. The zero-order valence-corrected chi connectivity index (χ0v) is 19.4. The predicted molar refractivity (Wildman–Crippen MR) is 135 cm³/mol. The second kappa shape index (κ2) is 9.72. The summed E-state index contributed by atoms with van der Waals surface area (Å²) in [4.78, 5) is 0. The molecule has 1 N–H and O–H groups in total. The lowest BCUT2D eigenvalue weighted by atomic mass is 9.91. The van der Waals surface area contributed by atoms with Crippen LogP contribution in [0.4, 0.5) is 0 Å². The van der Waals surface area contributed by atoms with Crippen LogP contribution < -0.4 is 19.5 Å². The predicted octanol–water partition coefficient (Wildman–Crippen LogP) is 6.27. The van der Waals surface area contributed by atoms with Crippen LogP contribution in [0.1, 0.15) is 30.4 Å². The molecule has 4 aromatic rings. The van der Waals surface area contributed by atoms with Crippen LogP contribution in [0.25, 0.3) is 21.5 Å². The molecule has 170 valence electrons. The molecule has 0 spiro atoms. The first-order chi connectivity index (χ1) is 16.2. The Morgan fingerprint density at radius 3 is 2.33 bits per heavy atom. The normalized spacial score (nSPS) is 16.1. The second-order valence-electron chi connectivity index (χ2n) is 8.80. The van der Waals surface area contributed by atoms with Crippen LogP contribution in [-0.2, 0) is 13.0 Å². The van der Waals surface area contributed by atoms with Crippen LogP contribution in [0, 0.1) is 0 Å². The molecule has 1 heterocycles. The number of hydrogen-bond donors (Lipinski definition) is 1. The fraction of sp³-hybridized carbons (Fsp3) is 0.310. The molecule has 0 aromatic heterocycles. The summed E-state index contributed by atoms with van der Waals surface area (Å²) in [5.74, 6) is 2.37. The molecule has 1 saturated heterocycles. The molecule has 1 unspecified atom stereocenters. The summed E-state index contributed by atoms with van der Waals surface area (Å²) in [5, 5.41) is 8.46. The first-order valence-electron chi connectivity index (χ1n) is 11.8. The molecule has 0 bridgehead atoms. The van der Waals surface area contributed by atoms with Gasteiger partial charge in [0, 0.05) is 6.04 Å². The van der Waals surface area contributed by atoms with Crippen LogP contribution in [0.15, 0.2) is 66.7 Å². The smallest absolute Gasteiger partial charge is 0.161 e. The third-order valence-electron chi connectivity index (χ3n) is 6.64. The van der Waals surface area contributed by atoms with E-state index in [9.17, 15) is 0 Å². The summed E-state index contributed by atoms with van der Waals surface area (Å²) in [7, 11) is 3.39. The van der Waals surface area contributed by atoms with E-state index in [1.54, 1.807) is 14.2 Å². The zero-order chi connectivity index (χ0) is 22.6. The Labute approximate surface area is 195 Å². The van der Waals surface area contributed by atoms with Gasteiger partial charge in [-0.1, -0.05) is 48.9 Å². The molecule has 0 amide bonds. The lowest BCUT2D eigenvalue weighted by Gasteiger charge is -2.24. The number of benzene rings is 4. The van der Waals surface area contributed by atoms with Crippen LogP contribution in [0.5, 0.6) is 17.2 Å². The van der Waals surface area contributed by atoms with Gasteiger partial charge in [-0.05, 0) is 82.7 Å². The van der Waals surface area contributed by atoms with E-state index in [2.05, 4.69) is 53.8 Å². The Bertz CT molecular complexity index is 1250. The van der Waals surface area contributed by atoms with E-state index in [4.69, 9.17) is 14.2 Å². The maximum atomic E-state index is 6.14. The third kappa shape index (κ3) is 4.62. The molecule has 4 nitrogen and oxygen atoms in total. The average Bonchev–Trinajstić information content (AvgIpc) is 2.88. The molecular weight excluding hydrogens is 410 g/mol. The van der Waals surface area contributed by atoms with E-state index in [1.807, 2.05) is 18.2 Å². The van der Waals surface area contributed by atoms with Crippen molar-refractivity contribution in [3.8, 4) is 17.2 Å². The molecule has 1 aliphatic rings. The van der Waals surface area contributed by atoms with Crippen molar-refractivity contribution in [1.82, 2.24) is 5.32 Å². The Morgan fingerprint density at radius 1 is 0.818 bits per heavy atom. The molecule has 1 aliphatic heterocycles. The molecule has 1 atom stereocenters. The Kier molecular flexibility index (Phi) is 6.36. The third-order valence-corrected chi connectivity index (χ3v) is 6.64. The number of hydrogen-bond acceptors (Lipinski definition) is 4. The van der Waals surface area contributed by atoms with Gasteiger partial charge in [-0.2, -0.15) is 0 Å². The highest BCUT2D eigenvalue weighted by molar-refractivity contribution is 6.10. The summed E-state index contributed by atoms with van der Waals surface area (Å²) in [6, 6.07) is 23.7. The monoisotopic (exact) mass is 441 g/mol. The Morgan fingerprint density at radius 2 is 1.61 bits per heavy atom. The van der Waals surface area contributed by atoms with Crippen molar-refractivity contribution in [2.45, 2.75) is 38.3 Å². The molecule has 0 aliphatic carbocycles. The van der Waals surface area contributed by atoms with E-state index in [0.29, 0.717) is 12.6 Å². The van der Waals surface area contributed by atoms with Crippen LogP contribution in [-0.4, -0.2) is 26.8 Å². The van der Waals surface area contributed by atoms with Gasteiger partial charge in [-0.25, -0.2) is 0 Å². The highest BCUT2D eigenvalue weighted by Crippen LogP contribution is 2.39. The van der Waals surface area contributed by atoms with Gasteiger partial charge in [0.1, 0.15) is 12.4 Å². The average molecular weight is 442 g/mol. The first-order valence-corrected chi connectivity index (χ1v) is 11.8. The molecule has 1 fully saturated rings. The van der Waals surface area contributed by atoms with Gasteiger partial charge in [-0.15, -0.1) is 0 Å². The van der Waals surface area contributed by atoms with Gasteiger partial charge in [0.25, 0.3) is 0 Å². The maximum Gasteiger partial charge on any atom is 0.161 e. The molecule has 4 heteroatoms. The van der Waals surface area contributed by atoms with E-state index in [0.717, 1.165) is 41.2 Å². The van der Waals surface area contributed by atoms with Crippen molar-refractivity contribution in [3.05, 3.63) is 77.9 Å². The lowest BCUT2D eigenvalue weighted by molar-refractivity contribution is 0.306. The van der Waals surface area contributed by atoms with Gasteiger partial charge in [0.15, 0.2) is 11.5 Å². The standard InChI is InChI=1S/C29H31NO3/c1-31-28-17-26-22(15-23-10-6-7-13-30-23)14-21-11-12-24(33-19-20-8-4-3-5-9-20)16-25(21)27(26)18-29(28)32-2/h3-5,8-9,11-12,14,16-18,23,30H,6-7,10,13,15,19H2,1-2H3. The second-order valence-corrected chi connectivity index (χ2v) is 8.80. The topological polar surface area (TPSA) is 39.7 Å². The van der Waals surface area contributed by atoms with Gasteiger partial charge in [-0.3, -0.25) is 0 Å². The Hall–Kier alpha value is -3.24. The van der Waals surface area contributed by atoms with E-state index < -0.39 is 0 Å². The minimum Gasteiger partial charge on any atom is -0.493 e. The fourth-order valence-corrected chi connectivity index (χ4v) is 4.89. The minimum absolute atomic E-state index is 0.515. The van der Waals surface area contributed by atoms with Crippen molar-refractivity contribution >= 4 is 21.5 Å². The summed E-state index contributed by atoms with van der Waals surface area (Å²) in [6.07, 6.45) is 4.79. The van der Waals surface area contributed by atoms with Gasteiger partial charge in [0.05, 0.1) is 14.2 Å². The first kappa shape index (κ1) is 21.6. The van der Waals surface area contributed by atoms with Crippen molar-refractivity contribution < 1.29 is 14.2 Å². The van der Waals surface area contributed by atoms with E-state index >= 15 is 0 Å². The van der Waals surface area contributed by atoms with Crippen molar-refractivity contribution in [1.29, 1.82) is 0 Å². The number of rotatable bonds is 7. The van der Waals surface area contributed by atoms with Gasteiger partial charge >= 0.3 is 0 Å². The maximum absolute atomic E-state index is 6.14. The largest absolute Gasteiger partial charge is 0.493 e. The van der Waals surface area contributed by atoms with Crippen molar-refractivity contribution in [2.75, 3.05) is 20.8 Å². The summed E-state index contributed by atoms with van der Waals surface area (Å²) < 4.78 is 17.4. The van der Waals surface area contributed by atoms with Gasteiger partial charge in [0.2, 0.25) is 0 Å². The summed E-state index contributed by atoms with van der Waals surface area (Å²) in [6.45, 7) is 1.66. The molecule has 4 aromatic carbocycles. The molecule has 33 heavy (non-hydrogen) atoms. The molecular formula is C29H31NO3. The van der Waals surface area contributed by atoms with E-state index in [1.165, 1.54) is 41.0 Å². The summed E-state index contributed by atoms with van der Waals surface area (Å²) in [5.41, 5.74) is 2.50. The molecule has 0 radical (unpaired) electrons. The SMILES string of the molecule is COc1cc2c(CC3CCCCN3)cc3ccc(OCc4ccccc4)cc3c2cc1OC. The number of piperidine rings is 1. The summed E-state index contributed by atoms with van der Waals surface area (Å²) >= 11 is 0. The van der Waals surface area contributed by atoms with Crippen LogP contribution in [0.2, 0.25) is 0 Å². The number of ether oxygens (including phenoxy) is 3. The number of fused-ring (bicyclic) bond motifs is 3. The number of nitrogens with one attached hydrogen (secondary N) is 1. The Balaban J connectivity index is 1.58. The van der Waals surface area contributed by atoms with E-state index in [-0.39, 0.29) is 0 Å². The fourth-order valence-electron chi connectivity index (χ4n) is 4.89. The van der Waals surface area contributed by atoms with Crippen molar-refractivity contribution in [3.63, 3.8) is 0 Å². The zero-order valence-electron chi connectivity index (χ0n) is 19.4.